The number of aromatic carboxylic acids is 1. The minimum Gasteiger partial charge on any atom is -0.478 e. The van der Waals surface area contributed by atoms with Crippen LogP contribution in [-0.4, -0.2) is 47.6 Å². The molecule has 0 bridgehead atoms. The summed E-state index contributed by atoms with van der Waals surface area (Å²) in [6.07, 6.45) is 0. The number of hydrogen-bond donors (Lipinski definition) is 1. The number of nitrogens with zero attached hydrogens (tertiary/aromatic N) is 3. The van der Waals surface area contributed by atoms with E-state index >= 15 is 0 Å². The lowest BCUT2D eigenvalue weighted by atomic mass is 10.1. The summed E-state index contributed by atoms with van der Waals surface area (Å²) in [7, 11) is 0. The summed E-state index contributed by atoms with van der Waals surface area (Å²) in [5.41, 5.74) is 0.920. The molecule has 1 aliphatic heterocycles. The lowest BCUT2D eigenvalue weighted by Crippen LogP contribution is -2.36. The summed E-state index contributed by atoms with van der Waals surface area (Å²) >= 11 is 0. The van der Waals surface area contributed by atoms with Crippen molar-refractivity contribution in [3.8, 4) is 11.5 Å². The zero-order valence-electron chi connectivity index (χ0n) is 10.7. The van der Waals surface area contributed by atoms with E-state index in [2.05, 4.69) is 10.2 Å². The standard InChI is InChI=1S/C13H13N3O4/c17-12(18)10-3-1-9(2-4-10)11-14-15-13(20-11)16-5-7-19-8-6-16/h1-4H,5-8H2,(H,17,18). The van der Waals surface area contributed by atoms with Crippen LogP contribution in [0.1, 0.15) is 10.4 Å². The third-order valence-electron chi connectivity index (χ3n) is 3.07. The first-order valence-corrected chi connectivity index (χ1v) is 6.24. The summed E-state index contributed by atoms with van der Waals surface area (Å²) < 4.78 is 10.9. The highest BCUT2D eigenvalue weighted by molar-refractivity contribution is 5.88. The van der Waals surface area contributed by atoms with Crippen molar-refractivity contribution in [2.45, 2.75) is 0 Å². The molecule has 20 heavy (non-hydrogen) atoms. The Bertz CT molecular complexity index is 602. The second kappa shape index (κ2) is 5.30. The number of hydrogen-bond acceptors (Lipinski definition) is 6. The molecule has 7 heteroatoms. The van der Waals surface area contributed by atoms with Gasteiger partial charge in [0.15, 0.2) is 0 Å². The number of morpholine rings is 1. The molecule has 3 rings (SSSR count). The number of carboxylic acids is 1. The molecule has 0 amide bonds. The van der Waals surface area contributed by atoms with Gasteiger partial charge in [-0.2, -0.15) is 0 Å². The van der Waals surface area contributed by atoms with Crippen molar-refractivity contribution < 1.29 is 19.1 Å². The van der Waals surface area contributed by atoms with E-state index in [1.165, 1.54) is 12.1 Å². The van der Waals surface area contributed by atoms with Crippen LogP contribution in [0.4, 0.5) is 6.01 Å². The minimum absolute atomic E-state index is 0.224. The zero-order chi connectivity index (χ0) is 13.9. The first-order chi connectivity index (χ1) is 9.74. The number of carbonyl (C=O) groups is 1. The summed E-state index contributed by atoms with van der Waals surface area (Å²) in [5.74, 6) is -0.584. The van der Waals surface area contributed by atoms with Crippen LogP contribution in [0.5, 0.6) is 0 Å². The van der Waals surface area contributed by atoms with Gasteiger partial charge in [0, 0.05) is 18.7 Å². The number of ether oxygens (including phenoxy) is 1. The average molecular weight is 275 g/mol. The largest absolute Gasteiger partial charge is 0.478 e. The van der Waals surface area contributed by atoms with Gasteiger partial charge in [0.25, 0.3) is 0 Å². The molecule has 0 saturated carbocycles. The quantitative estimate of drug-likeness (QED) is 0.902. The first kappa shape index (κ1) is 12.6. The van der Waals surface area contributed by atoms with Gasteiger partial charge in [-0.1, -0.05) is 5.10 Å². The minimum atomic E-state index is -0.962. The normalized spacial score (nSPS) is 15.3. The van der Waals surface area contributed by atoms with E-state index in [0.717, 1.165) is 13.1 Å². The van der Waals surface area contributed by atoms with Crippen LogP contribution in [-0.2, 0) is 4.74 Å². The van der Waals surface area contributed by atoms with Gasteiger partial charge in [0.1, 0.15) is 0 Å². The Morgan fingerprint density at radius 2 is 1.85 bits per heavy atom. The third kappa shape index (κ3) is 2.48. The van der Waals surface area contributed by atoms with Crippen molar-refractivity contribution in [3.63, 3.8) is 0 Å². The fourth-order valence-electron chi connectivity index (χ4n) is 1.97. The fourth-order valence-corrected chi connectivity index (χ4v) is 1.97. The zero-order valence-corrected chi connectivity index (χ0v) is 10.7. The second-order valence-corrected chi connectivity index (χ2v) is 4.37. The van der Waals surface area contributed by atoms with Crippen LogP contribution in [0.2, 0.25) is 0 Å². The highest BCUT2D eigenvalue weighted by atomic mass is 16.5. The number of rotatable bonds is 3. The summed E-state index contributed by atoms with van der Waals surface area (Å²) in [6.45, 7) is 2.73. The molecule has 1 aromatic heterocycles. The lowest BCUT2D eigenvalue weighted by molar-refractivity contribution is 0.0697. The Balaban J connectivity index is 1.80. The van der Waals surface area contributed by atoms with E-state index in [0.29, 0.717) is 30.7 Å². The van der Waals surface area contributed by atoms with Gasteiger partial charge in [0.2, 0.25) is 5.89 Å². The van der Waals surface area contributed by atoms with Gasteiger partial charge in [-0.05, 0) is 24.3 Å². The molecule has 0 aliphatic carbocycles. The van der Waals surface area contributed by atoms with Gasteiger partial charge in [0.05, 0.1) is 18.8 Å². The van der Waals surface area contributed by atoms with Crippen molar-refractivity contribution in [1.29, 1.82) is 0 Å². The lowest BCUT2D eigenvalue weighted by Gasteiger charge is -2.24. The molecule has 1 aliphatic rings. The van der Waals surface area contributed by atoms with Gasteiger partial charge in [-0.25, -0.2) is 4.79 Å². The maximum Gasteiger partial charge on any atom is 0.335 e. The van der Waals surface area contributed by atoms with E-state index < -0.39 is 5.97 Å². The van der Waals surface area contributed by atoms with Gasteiger partial charge in [-0.3, -0.25) is 0 Å². The van der Waals surface area contributed by atoms with Crippen LogP contribution in [0, 0.1) is 0 Å². The Kier molecular flexibility index (Phi) is 3.34. The molecule has 0 unspecified atom stereocenters. The van der Waals surface area contributed by atoms with Crippen LogP contribution >= 0.6 is 0 Å². The number of anilines is 1. The van der Waals surface area contributed by atoms with E-state index in [1.807, 2.05) is 4.90 Å². The highest BCUT2D eigenvalue weighted by Crippen LogP contribution is 2.22. The molecule has 0 atom stereocenters. The SMILES string of the molecule is O=C(O)c1ccc(-c2nnc(N3CCOCC3)o2)cc1. The Hall–Kier alpha value is -2.41. The van der Waals surface area contributed by atoms with E-state index in [4.69, 9.17) is 14.3 Å². The molecule has 104 valence electrons. The highest BCUT2D eigenvalue weighted by Gasteiger charge is 2.18. The van der Waals surface area contributed by atoms with Crippen LogP contribution in [0.25, 0.3) is 11.5 Å². The van der Waals surface area contributed by atoms with Crippen molar-refractivity contribution in [1.82, 2.24) is 10.2 Å². The average Bonchev–Trinajstić information content (AvgIpc) is 2.98. The molecule has 7 nitrogen and oxygen atoms in total. The van der Waals surface area contributed by atoms with Gasteiger partial charge in [-0.15, -0.1) is 5.10 Å². The second-order valence-electron chi connectivity index (χ2n) is 4.37. The molecule has 2 heterocycles. The smallest absolute Gasteiger partial charge is 0.335 e. The summed E-state index contributed by atoms with van der Waals surface area (Å²) in [5, 5.41) is 16.9. The number of aromatic nitrogens is 2. The number of carboxylic acid groups (broad SMARTS) is 1. The fraction of sp³-hybridized carbons (Fsp3) is 0.308. The molecule has 1 N–H and O–H groups in total. The van der Waals surface area contributed by atoms with Crippen molar-refractivity contribution in [2.24, 2.45) is 0 Å². The van der Waals surface area contributed by atoms with E-state index in [-0.39, 0.29) is 5.56 Å². The van der Waals surface area contributed by atoms with Crippen LogP contribution < -0.4 is 4.90 Å². The summed E-state index contributed by atoms with van der Waals surface area (Å²) in [4.78, 5) is 12.8. The monoisotopic (exact) mass is 275 g/mol. The molecule has 2 aromatic rings. The molecule has 1 fully saturated rings. The molecule has 0 radical (unpaired) electrons. The maximum atomic E-state index is 10.8. The molecule has 1 saturated heterocycles. The molecular formula is C13H13N3O4. The predicted octanol–water partition coefficient (Wildman–Crippen LogP) is 1.27. The summed E-state index contributed by atoms with van der Waals surface area (Å²) in [6, 6.07) is 6.79. The van der Waals surface area contributed by atoms with Crippen molar-refractivity contribution >= 4 is 12.0 Å². The Labute approximate surface area is 114 Å². The predicted molar refractivity (Wildman–Crippen MR) is 69.7 cm³/mol. The van der Waals surface area contributed by atoms with Gasteiger partial charge >= 0.3 is 12.0 Å². The van der Waals surface area contributed by atoms with Crippen LogP contribution in [0.3, 0.4) is 0 Å². The van der Waals surface area contributed by atoms with E-state index in [1.54, 1.807) is 12.1 Å². The first-order valence-electron chi connectivity index (χ1n) is 6.24. The molecular weight excluding hydrogens is 262 g/mol. The van der Waals surface area contributed by atoms with Crippen LogP contribution in [0.15, 0.2) is 28.7 Å². The Morgan fingerprint density at radius 1 is 1.15 bits per heavy atom. The maximum absolute atomic E-state index is 10.8. The Morgan fingerprint density at radius 3 is 2.50 bits per heavy atom. The topological polar surface area (TPSA) is 88.7 Å². The number of benzene rings is 1. The third-order valence-corrected chi connectivity index (χ3v) is 3.07. The van der Waals surface area contributed by atoms with Crippen molar-refractivity contribution in [3.05, 3.63) is 29.8 Å². The van der Waals surface area contributed by atoms with Gasteiger partial charge < -0.3 is 19.2 Å². The molecule has 1 aromatic carbocycles. The van der Waals surface area contributed by atoms with Crippen molar-refractivity contribution in [2.75, 3.05) is 31.2 Å². The van der Waals surface area contributed by atoms with E-state index in [9.17, 15) is 4.79 Å². The molecule has 0 spiro atoms.